The summed E-state index contributed by atoms with van der Waals surface area (Å²) in [6.07, 6.45) is 1.79. The van der Waals surface area contributed by atoms with Crippen LogP contribution >= 0.6 is 23.8 Å². The number of benzene rings is 2. The summed E-state index contributed by atoms with van der Waals surface area (Å²) in [6, 6.07) is 20.1. The number of hydrogen-bond donors (Lipinski definition) is 1. The molecular weight excluding hydrogens is 467 g/mol. The van der Waals surface area contributed by atoms with Crippen molar-refractivity contribution in [2.45, 2.75) is 32.9 Å². The van der Waals surface area contributed by atoms with Crippen LogP contribution in [-0.2, 0) is 0 Å². The Morgan fingerprint density at radius 1 is 1.00 bits per heavy atom. The quantitative estimate of drug-likeness (QED) is 0.320. The van der Waals surface area contributed by atoms with Crippen LogP contribution in [-0.4, -0.2) is 14.7 Å². The van der Waals surface area contributed by atoms with Gasteiger partial charge in [0.05, 0.1) is 17.8 Å². The van der Waals surface area contributed by atoms with E-state index in [4.69, 9.17) is 23.8 Å². The summed E-state index contributed by atoms with van der Waals surface area (Å²) in [5.74, 6) is -0.283. The number of nitrogens with one attached hydrogen (secondary N) is 1. The van der Waals surface area contributed by atoms with Crippen LogP contribution in [0.5, 0.6) is 0 Å². The zero-order valence-corrected chi connectivity index (χ0v) is 20.7. The van der Waals surface area contributed by atoms with Crippen LogP contribution in [0.25, 0.3) is 5.69 Å². The summed E-state index contributed by atoms with van der Waals surface area (Å²) in [7, 11) is 0. The molecule has 7 heteroatoms. The van der Waals surface area contributed by atoms with Gasteiger partial charge < -0.3 is 14.8 Å². The maximum absolute atomic E-state index is 13.7. The van der Waals surface area contributed by atoms with Gasteiger partial charge in [0.25, 0.3) is 0 Å². The van der Waals surface area contributed by atoms with E-state index in [9.17, 15) is 4.39 Å². The van der Waals surface area contributed by atoms with Gasteiger partial charge in [0.1, 0.15) is 5.82 Å². The third kappa shape index (κ3) is 3.87. The van der Waals surface area contributed by atoms with Crippen LogP contribution in [0.1, 0.15) is 40.3 Å². The molecule has 1 fully saturated rings. The number of pyridine rings is 1. The molecule has 2 aromatic heterocycles. The lowest BCUT2D eigenvalue weighted by Gasteiger charge is -2.28. The molecule has 1 aliphatic heterocycles. The SMILES string of the molecule is Cc1ccc(Cl)cc1-n1c(C)cc(C2C(c3ccccn3)NC(=S)N2c2ccc(F)cc2)c1C. The van der Waals surface area contributed by atoms with Crippen LogP contribution in [0.2, 0.25) is 5.02 Å². The molecule has 172 valence electrons. The fourth-order valence-electron chi connectivity index (χ4n) is 4.83. The molecule has 4 aromatic rings. The van der Waals surface area contributed by atoms with E-state index in [0.717, 1.165) is 39.6 Å². The van der Waals surface area contributed by atoms with Gasteiger partial charge in [-0.15, -0.1) is 0 Å². The highest BCUT2D eigenvalue weighted by atomic mass is 35.5. The minimum Gasteiger partial charge on any atom is -0.351 e. The number of hydrogen-bond acceptors (Lipinski definition) is 2. The maximum Gasteiger partial charge on any atom is 0.174 e. The first kappa shape index (κ1) is 22.6. The van der Waals surface area contributed by atoms with Crippen molar-refractivity contribution in [1.29, 1.82) is 0 Å². The van der Waals surface area contributed by atoms with E-state index in [1.807, 2.05) is 36.4 Å². The Balaban J connectivity index is 1.70. The number of anilines is 1. The maximum atomic E-state index is 13.7. The Labute approximate surface area is 209 Å². The highest BCUT2D eigenvalue weighted by Gasteiger charge is 2.42. The molecule has 0 saturated carbocycles. The second-order valence-corrected chi connectivity index (χ2v) is 9.39. The van der Waals surface area contributed by atoms with E-state index >= 15 is 0 Å². The molecule has 1 saturated heterocycles. The zero-order chi connectivity index (χ0) is 24.0. The molecule has 0 aliphatic carbocycles. The number of rotatable bonds is 4. The van der Waals surface area contributed by atoms with E-state index in [1.54, 1.807) is 18.3 Å². The second-order valence-electron chi connectivity index (χ2n) is 8.57. The number of thiocarbonyl (C=S) groups is 1. The van der Waals surface area contributed by atoms with Gasteiger partial charge in [-0.1, -0.05) is 23.7 Å². The summed E-state index contributed by atoms with van der Waals surface area (Å²) in [5.41, 5.74) is 7.19. The van der Waals surface area contributed by atoms with Crippen LogP contribution in [0.3, 0.4) is 0 Å². The molecule has 34 heavy (non-hydrogen) atoms. The molecule has 3 heterocycles. The van der Waals surface area contributed by atoms with E-state index in [-0.39, 0.29) is 17.9 Å². The number of nitrogens with zero attached hydrogens (tertiary/aromatic N) is 3. The largest absolute Gasteiger partial charge is 0.351 e. The molecule has 2 unspecified atom stereocenters. The minimum absolute atomic E-state index is 0.173. The molecule has 0 radical (unpaired) electrons. The fourth-order valence-corrected chi connectivity index (χ4v) is 5.34. The molecule has 5 rings (SSSR count). The number of halogens is 2. The Morgan fingerprint density at radius 2 is 1.76 bits per heavy atom. The molecule has 2 atom stereocenters. The van der Waals surface area contributed by atoms with Gasteiger partial charge in [0.15, 0.2) is 5.11 Å². The third-order valence-electron chi connectivity index (χ3n) is 6.40. The van der Waals surface area contributed by atoms with Crippen molar-refractivity contribution in [3.05, 3.63) is 112 Å². The second kappa shape index (κ2) is 8.85. The highest BCUT2D eigenvalue weighted by molar-refractivity contribution is 7.80. The lowest BCUT2D eigenvalue weighted by atomic mass is 9.96. The van der Waals surface area contributed by atoms with Crippen molar-refractivity contribution < 1.29 is 4.39 Å². The van der Waals surface area contributed by atoms with Crippen LogP contribution in [0.15, 0.2) is 72.9 Å². The highest BCUT2D eigenvalue weighted by Crippen LogP contribution is 2.44. The van der Waals surface area contributed by atoms with E-state index in [0.29, 0.717) is 10.1 Å². The Hall–Kier alpha value is -3.22. The Bertz CT molecular complexity index is 1370. The molecule has 1 N–H and O–H groups in total. The predicted molar refractivity (Wildman–Crippen MR) is 139 cm³/mol. The topological polar surface area (TPSA) is 33.1 Å². The first-order chi connectivity index (χ1) is 16.3. The molecule has 0 spiro atoms. The Morgan fingerprint density at radius 3 is 2.47 bits per heavy atom. The summed E-state index contributed by atoms with van der Waals surface area (Å²) in [6.45, 7) is 6.29. The zero-order valence-electron chi connectivity index (χ0n) is 19.1. The van der Waals surface area contributed by atoms with Gasteiger partial charge in [-0.3, -0.25) is 4.98 Å². The van der Waals surface area contributed by atoms with Crippen molar-refractivity contribution >= 4 is 34.6 Å². The molecule has 4 nitrogen and oxygen atoms in total. The van der Waals surface area contributed by atoms with Crippen LogP contribution in [0.4, 0.5) is 10.1 Å². The normalized spacial score (nSPS) is 17.8. The lowest BCUT2D eigenvalue weighted by Crippen LogP contribution is -2.29. The third-order valence-corrected chi connectivity index (χ3v) is 6.95. The first-order valence-corrected chi connectivity index (χ1v) is 11.9. The molecule has 2 aromatic carbocycles. The van der Waals surface area contributed by atoms with E-state index in [1.165, 1.54) is 12.1 Å². The van der Waals surface area contributed by atoms with Crippen molar-refractivity contribution in [2.75, 3.05) is 4.90 Å². The first-order valence-electron chi connectivity index (χ1n) is 11.1. The Kier molecular flexibility index (Phi) is 5.88. The molecular formula is C27H24ClFN4S. The summed E-state index contributed by atoms with van der Waals surface area (Å²) < 4.78 is 16.0. The lowest BCUT2D eigenvalue weighted by molar-refractivity contribution is 0.565. The van der Waals surface area contributed by atoms with E-state index in [2.05, 4.69) is 46.6 Å². The number of aryl methyl sites for hydroxylation is 2. The van der Waals surface area contributed by atoms with Crippen molar-refractivity contribution in [3.8, 4) is 5.69 Å². The van der Waals surface area contributed by atoms with Gasteiger partial charge >= 0.3 is 0 Å². The predicted octanol–water partition coefficient (Wildman–Crippen LogP) is 6.77. The summed E-state index contributed by atoms with van der Waals surface area (Å²) >= 11 is 12.1. The van der Waals surface area contributed by atoms with Crippen molar-refractivity contribution in [2.24, 2.45) is 0 Å². The fraction of sp³-hybridized carbons (Fsp3) is 0.185. The van der Waals surface area contributed by atoms with Crippen molar-refractivity contribution in [1.82, 2.24) is 14.9 Å². The van der Waals surface area contributed by atoms with Gasteiger partial charge in [0.2, 0.25) is 0 Å². The molecule has 1 aliphatic rings. The van der Waals surface area contributed by atoms with Gasteiger partial charge in [0, 0.05) is 34.0 Å². The minimum atomic E-state index is -0.283. The van der Waals surface area contributed by atoms with Crippen molar-refractivity contribution in [3.63, 3.8) is 0 Å². The average Bonchev–Trinajstić information content (AvgIpc) is 3.32. The summed E-state index contributed by atoms with van der Waals surface area (Å²) in [4.78, 5) is 6.68. The van der Waals surface area contributed by atoms with Crippen LogP contribution < -0.4 is 10.2 Å². The smallest absolute Gasteiger partial charge is 0.174 e. The van der Waals surface area contributed by atoms with Gasteiger partial charge in [-0.25, -0.2) is 4.39 Å². The van der Waals surface area contributed by atoms with E-state index < -0.39 is 0 Å². The van der Waals surface area contributed by atoms with Gasteiger partial charge in [-0.05, 0) is 98.7 Å². The molecule has 0 bridgehead atoms. The molecule has 0 amide bonds. The monoisotopic (exact) mass is 490 g/mol. The average molecular weight is 491 g/mol. The standard InChI is InChI=1S/C27H24ClFN4S/c1-16-7-8-19(28)15-24(16)32-17(2)14-22(18(32)3)26-25(23-6-4-5-13-30-23)31-27(34)33(26)21-11-9-20(29)10-12-21/h4-15,25-26H,1-3H3,(H,31,34). The van der Waals surface area contributed by atoms with Crippen LogP contribution in [0, 0.1) is 26.6 Å². The van der Waals surface area contributed by atoms with Gasteiger partial charge in [-0.2, -0.15) is 0 Å². The summed E-state index contributed by atoms with van der Waals surface area (Å²) in [5, 5.41) is 4.74. The number of aromatic nitrogens is 2.